The van der Waals surface area contributed by atoms with Crippen LogP contribution in [-0.4, -0.2) is 28.0 Å². The Morgan fingerprint density at radius 2 is 2.12 bits per heavy atom. The molecule has 0 saturated carbocycles. The van der Waals surface area contributed by atoms with Crippen LogP contribution >= 0.6 is 11.6 Å². The monoisotopic (exact) mass is 246 g/mol. The van der Waals surface area contributed by atoms with Crippen molar-refractivity contribution < 1.29 is 9.66 Å². The molecule has 0 bridgehead atoms. The molecule has 88 valence electrons. The minimum absolute atomic E-state index is 0.0191. The number of anilines is 1. The number of hydrogen-bond donors (Lipinski definition) is 1. The lowest BCUT2D eigenvalue weighted by atomic mass is 10.3. The molecule has 0 aromatic carbocycles. The molecule has 0 saturated heterocycles. The van der Waals surface area contributed by atoms with Crippen LogP contribution in [0.25, 0.3) is 0 Å². The summed E-state index contributed by atoms with van der Waals surface area (Å²) in [6.45, 7) is 3.65. The number of nitrogens with zero attached hydrogens (tertiary/aromatic N) is 3. The van der Waals surface area contributed by atoms with E-state index in [1.165, 1.54) is 7.11 Å². The lowest BCUT2D eigenvalue weighted by molar-refractivity contribution is -0.385. The minimum Gasteiger partial charge on any atom is -0.476 e. The van der Waals surface area contributed by atoms with Crippen LogP contribution in [0.1, 0.15) is 13.8 Å². The van der Waals surface area contributed by atoms with Crippen LogP contribution in [0.3, 0.4) is 0 Å². The molecule has 0 radical (unpaired) electrons. The van der Waals surface area contributed by atoms with Crippen molar-refractivity contribution in [2.45, 2.75) is 19.9 Å². The Hall–Kier alpha value is -1.63. The van der Waals surface area contributed by atoms with Crippen molar-refractivity contribution in [3.63, 3.8) is 0 Å². The normalized spacial score (nSPS) is 10.3. The fraction of sp³-hybridized carbons (Fsp3) is 0.500. The van der Waals surface area contributed by atoms with Gasteiger partial charge in [-0.1, -0.05) is 0 Å². The Labute approximate surface area is 97.0 Å². The van der Waals surface area contributed by atoms with Crippen molar-refractivity contribution in [2.24, 2.45) is 0 Å². The Morgan fingerprint density at radius 1 is 1.50 bits per heavy atom. The molecular weight excluding hydrogens is 236 g/mol. The Kier molecular flexibility index (Phi) is 3.83. The van der Waals surface area contributed by atoms with Gasteiger partial charge in [-0.25, -0.2) is 0 Å². The second kappa shape index (κ2) is 4.93. The first kappa shape index (κ1) is 12.4. The highest BCUT2D eigenvalue weighted by Gasteiger charge is 2.25. The molecule has 0 aliphatic carbocycles. The van der Waals surface area contributed by atoms with E-state index in [0.29, 0.717) is 0 Å². The Morgan fingerprint density at radius 3 is 2.56 bits per heavy atom. The Balaban J connectivity index is 3.32. The fourth-order valence-corrected chi connectivity index (χ4v) is 1.25. The summed E-state index contributed by atoms with van der Waals surface area (Å²) in [7, 11) is 1.28. The zero-order valence-corrected chi connectivity index (χ0v) is 9.78. The number of halogens is 1. The average molecular weight is 247 g/mol. The maximum absolute atomic E-state index is 10.9. The third-order valence-corrected chi connectivity index (χ3v) is 1.80. The van der Waals surface area contributed by atoms with Gasteiger partial charge in [0.05, 0.1) is 12.0 Å². The molecule has 1 N–H and O–H groups in total. The molecule has 8 heteroatoms. The lowest BCUT2D eigenvalue weighted by Gasteiger charge is -2.10. The van der Waals surface area contributed by atoms with E-state index >= 15 is 0 Å². The molecule has 0 aliphatic rings. The molecule has 0 amide bonds. The van der Waals surface area contributed by atoms with E-state index in [-0.39, 0.29) is 28.7 Å². The summed E-state index contributed by atoms with van der Waals surface area (Å²) in [5.41, 5.74) is -0.319. The predicted octanol–water partition coefficient (Wildman–Crippen LogP) is 1.87. The van der Waals surface area contributed by atoms with Crippen molar-refractivity contribution in [1.82, 2.24) is 9.97 Å². The molecule has 0 atom stereocenters. The molecule has 1 heterocycles. The number of hydrogen-bond acceptors (Lipinski definition) is 6. The molecule has 7 nitrogen and oxygen atoms in total. The lowest BCUT2D eigenvalue weighted by Crippen LogP contribution is -2.14. The summed E-state index contributed by atoms with van der Waals surface area (Å²) in [6.07, 6.45) is 0. The van der Waals surface area contributed by atoms with Crippen molar-refractivity contribution in [1.29, 1.82) is 0 Å². The molecule has 0 unspecified atom stereocenters. The van der Waals surface area contributed by atoms with Crippen LogP contribution in [-0.2, 0) is 0 Å². The predicted molar refractivity (Wildman–Crippen MR) is 59.0 cm³/mol. The number of nitro groups is 1. The summed E-state index contributed by atoms with van der Waals surface area (Å²) >= 11 is 5.62. The highest BCUT2D eigenvalue weighted by Crippen LogP contribution is 2.32. The molecule has 1 aromatic heterocycles. The topological polar surface area (TPSA) is 90.2 Å². The standard InChI is InChI=1S/C8H11ClN4O3/c1-4(2)10-6-5(13(14)15)7(16-3)12-8(9)11-6/h4H,1-3H3,(H,10,11,12). The van der Waals surface area contributed by atoms with Gasteiger partial charge in [-0.2, -0.15) is 9.97 Å². The van der Waals surface area contributed by atoms with E-state index in [0.717, 1.165) is 0 Å². The molecule has 1 aromatic rings. The van der Waals surface area contributed by atoms with E-state index in [2.05, 4.69) is 15.3 Å². The number of ether oxygens (including phenoxy) is 1. The van der Waals surface area contributed by atoms with E-state index in [9.17, 15) is 10.1 Å². The summed E-state index contributed by atoms with van der Waals surface area (Å²) in [5.74, 6) is -0.106. The second-order valence-corrected chi connectivity index (χ2v) is 3.59. The van der Waals surface area contributed by atoms with Gasteiger partial charge < -0.3 is 10.1 Å². The maximum atomic E-state index is 10.9. The largest absolute Gasteiger partial charge is 0.476 e. The van der Waals surface area contributed by atoms with Crippen LogP contribution in [0.5, 0.6) is 5.88 Å². The fourth-order valence-electron chi connectivity index (χ4n) is 1.09. The van der Waals surface area contributed by atoms with E-state index in [1.807, 2.05) is 13.8 Å². The molecule has 1 rings (SSSR count). The number of aromatic nitrogens is 2. The smallest absolute Gasteiger partial charge is 0.372 e. The molecular formula is C8H11ClN4O3. The van der Waals surface area contributed by atoms with Gasteiger partial charge in [0.25, 0.3) is 0 Å². The zero-order chi connectivity index (χ0) is 12.3. The van der Waals surface area contributed by atoms with Crippen LogP contribution < -0.4 is 10.1 Å². The van der Waals surface area contributed by atoms with Gasteiger partial charge in [-0.05, 0) is 25.4 Å². The van der Waals surface area contributed by atoms with E-state index < -0.39 is 4.92 Å². The highest BCUT2D eigenvalue weighted by molar-refractivity contribution is 6.28. The molecule has 16 heavy (non-hydrogen) atoms. The van der Waals surface area contributed by atoms with Crippen LogP contribution in [0.2, 0.25) is 5.28 Å². The van der Waals surface area contributed by atoms with Gasteiger partial charge in [-0.3, -0.25) is 10.1 Å². The van der Waals surface area contributed by atoms with Gasteiger partial charge in [0.15, 0.2) is 0 Å². The number of nitrogens with one attached hydrogen (secondary N) is 1. The first-order valence-electron chi connectivity index (χ1n) is 4.48. The van der Waals surface area contributed by atoms with Gasteiger partial charge >= 0.3 is 11.6 Å². The van der Waals surface area contributed by atoms with Crippen LogP contribution in [0.4, 0.5) is 11.5 Å². The van der Waals surface area contributed by atoms with Crippen molar-refractivity contribution in [2.75, 3.05) is 12.4 Å². The quantitative estimate of drug-likeness (QED) is 0.495. The van der Waals surface area contributed by atoms with Crippen molar-refractivity contribution >= 4 is 23.1 Å². The Bertz CT molecular complexity index is 411. The summed E-state index contributed by atoms with van der Waals surface area (Å²) in [4.78, 5) is 17.6. The van der Waals surface area contributed by atoms with E-state index in [1.54, 1.807) is 0 Å². The van der Waals surface area contributed by atoms with Crippen LogP contribution in [0, 0.1) is 10.1 Å². The minimum atomic E-state index is -0.611. The van der Waals surface area contributed by atoms with Gasteiger partial charge in [0, 0.05) is 6.04 Å². The summed E-state index contributed by atoms with van der Waals surface area (Å²) in [5, 5.41) is 13.6. The summed E-state index contributed by atoms with van der Waals surface area (Å²) in [6, 6.07) is -0.0191. The number of methoxy groups -OCH3 is 1. The van der Waals surface area contributed by atoms with Gasteiger partial charge in [0.1, 0.15) is 0 Å². The maximum Gasteiger partial charge on any atom is 0.372 e. The number of rotatable bonds is 4. The first-order valence-corrected chi connectivity index (χ1v) is 4.86. The third kappa shape index (κ3) is 2.69. The van der Waals surface area contributed by atoms with Crippen molar-refractivity contribution in [3.05, 3.63) is 15.4 Å². The molecule has 0 aliphatic heterocycles. The molecule has 0 spiro atoms. The van der Waals surface area contributed by atoms with Crippen molar-refractivity contribution in [3.8, 4) is 5.88 Å². The SMILES string of the molecule is COc1nc(Cl)nc(NC(C)C)c1[N+](=O)[O-]. The van der Waals surface area contributed by atoms with Gasteiger partial charge in [-0.15, -0.1) is 0 Å². The first-order chi connectivity index (χ1) is 7.45. The highest BCUT2D eigenvalue weighted by atomic mass is 35.5. The van der Waals surface area contributed by atoms with Gasteiger partial charge in [0.2, 0.25) is 11.1 Å². The van der Waals surface area contributed by atoms with E-state index in [4.69, 9.17) is 16.3 Å². The summed E-state index contributed by atoms with van der Waals surface area (Å²) < 4.78 is 4.79. The third-order valence-electron chi connectivity index (χ3n) is 1.63. The van der Waals surface area contributed by atoms with Crippen LogP contribution in [0.15, 0.2) is 0 Å². The molecule has 0 fully saturated rings. The second-order valence-electron chi connectivity index (χ2n) is 3.26. The zero-order valence-electron chi connectivity index (χ0n) is 9.02. The average Bonchev–Trinajstić information content (AvgIpc) is 2.14.